The van der Waals surface area contributed by atoms with Crippen molar-refractivity contribution in [3.63, 3.8) is 0 Å². The summed E-state index contributed by atoms with van der Waals surface area (Å²) in [6.07, 6.45) is -14.3. The van der Waals surface area contributed by atoms with Crippen LogP contribution in [0, 0.1) is 0 Å². The molecule has 2 amide bonds. The molecular formula is C62H68F6N6O8. The number of ketones is 2. The van der Waals surface area contributed by atoms with Gasteiger partial charge >= 0.3 is 24.5 Å². The number of nitrogens with zero attached hydrogens (tertiary/aromatic N) is 6. The number of benzene rings is 4. The molecule has 2 aliphatic heterocycles. The van der Waals surface area contributed by atoms with Crippen LogP contribution in [0.4, 0.5) is 35.9 Å². The van der Waals surface area contributed by atoms with Crippen molar-refractivity contribution < 1.29 is 65.2 Å². The second-order valence-electron chi connectivity index (χ2n) is 23.5. The lowest BCUT2D eigenvalue weighted by molar-refractivity contribution is -0.179. The summed E-state index contributed by atoms with van der Waals surface area (Å²) in [5, 5.41) is 30.8. The maximum Gasteiger partial charge on any atom is 0.410 e. The predicted octanol–water partition coefficient (Wildman–Crippen LogP) is 11.5. The molecule has 0 saturated carbocycles. The molecule has 6 aromatic rings. The molecule has 82 heavy (non-hydrogen) atoms. The van der Waals surface area contributed by atoms with Gasteiger partial charge in [0.05, 0.1) is 35.6 Å². The van der Waals surface area contributed by atoms with E-state index in [1.54, 1.807) is 60.7 Å². The van der Waals surface area contributed by atoms with Crippen LogP contribution >= 0.6 is 0 Å². The van der Waals surface area contributed by atoms with Gasteiger partial charge < -0.3 is 29.5 Å². The summed E-state index contributed by atoms with van der Waals surface area (Å²) in [7, 11) is 0. The fourth-order valence-corrected chi connectivity index (χ4v) is 11.8. The van der Waals surface area contributed by atoms with Gasteiger partial charge in [0.1, 0.15) is 47.3 Å². The van der Waals surface area contributed by atoms with Gasteiger partial charge in [0.15, 0.2) is 11.6 Å². The maximum absolute atomic E-state index is 14.6. The molecule has 0 unspecified atom stereocenters. The van der Waals surface area contributed by atoms with E-state index in [0.29, 0.717) is 51.9 Å². The first-order valence-corrected chi connectivity index (χ1v) is 27.6. The Morgan fingerprint density at radius 1 is 0.488 bits per heavy atom. The summed E-state index contributed by atoms with van der Waals surface area (Å²) in [4.78, 5) is 54.0. The van der Waals surface area contributed by atoms with E-state index in [4.69, 9.17) is 19.7 Å². The Kier molecular flexibility index (Phi) is 17.0. The number of aromatic nitrogens is 4. The monoisotopic (exact) mass is 1140 g/mol. The average Bonchev–Trinajstić information content (AvgIpc) is 2.91. The highest BCUT2D eigenvalue weighted by atomic mass is 19.4. The first kappa shape index (κ1) is 59.3. The van der Waals surface area contributed by atoms with Gasteiger partial charge in [-0.3, -0.25) is 19.0 Å². The van der Waals surface area contributed by atoms with E-state index in [1.165, 1.54) is 0 Å². The van der Waals surface area contributed by atoms with Crippen LogP contribution in [0.2, 0.25) is 0 Å². The number of fused-ring (bicyclic) bond motifs is 2. The van der Waals surface area contributed by atoms with Gasteiger partial charge in [-0.1, -0.05) is 121 Å². The van der Waals surface area contributed by atoms with Crippen molar-refractivity contribution in [2.24, 2.45) is 0 Å². The number of hydrogen-bond donors (Lipinski definition) is 2. The summed E-state index contributed by atoms with van der Waals surface area (Å²) >= 11 is 0. The summed E-state index contributed by atoms with van der Waals surface area (Å²) in [5.41, 5.74) is 2.45. The maximum atomic E-state index is 14.6. The number of likely N-dealkylation sites (tertiary alicyclic amines) is 2. The second kappa shape index (κ2) is 23.5. The minimum atomic E-state index is -4.86. The minimum absolute atomic E-state index is 0.114. The normalized spacial score (nSPS) is 20.3. The van der Waals surface area contributed by atoms with Crippen molar-refractivity contribution in [3.8, 4) is 0 Å². The number of halogens is 6. The van der Waals surface area contributed by atoms with E-state index in [0.717, 1.165) is 22.3 Å². The number of carbonyl (C=O) groups is 4. The third kappa shape index (κ3) is 12.8. The van der Waals surface area contributed by atoms with Gasteiger partial charge in [-0.05, 0) is 89.5 Å². The van der Waals surface area contributed by atoms with E-state index in [1.807, 2.05) is 121 Å². The Hall–Kier alpha value is -7.32. The highest BCUT2D eigenvalue weighted by Gasteiger charge is 2.56. The Labute approximate surface area is 472 Å². The molecule has 0 bridgehead atoms. The molecule has 2 fully saturated rings. The van der Waals surface area contributed by atoms with Crippen LogP contribution in [0.3, 0.4) is 0 Å². The molecule has 14 nitrogen and oxygen atoms in total. The molecular weight excluding hydrogens is 1070 g/mol. The van der Waals surface area contributed by atoms with Crippen LogP contribution in [0.1, 0.15) is 159 Å². The van der Waals surface area contributed by atoms with Crippen LogP contribution < -0.4 is 0 Å². The predicted molar refractivity (Wildman–Crippen MR) is 291 cm³/mol. The Bertz CT molecular complexity index is 2920. The zero-order valence-electron chi connectivity index (χ0n) is 46.5. The fourth-order valence-electron chi connectivity index (χ4n) is 11.8. The zero-order chi connectivity index (χ0) is 59.1. The van der Waals surface area contributed by atoms with Crippen molar-refractivity contribution in [3.05, 3.63) is 177 Å². The largest absolute Gasteiger partial charge is 0.444 e. The number of Topliss-reactive ketones (excluding diaryl/α,β-unsaturated/α-hetero) is 2. The smallest absolute Gasteiger partial charge is 0.410 e. The molecule has 10 rings (SSSR count). The number of amides is 2. The molecule has 4 heterocycles. The SMILES string of the molecule is CC(C)(C)OC(=O)N1CCC(c2nn(C(c3ccccc3)c3ccccc3)c3c2[C@@H](C(F)(F)F)[C@@H](O)C(=O)C3)CC1.CC(C)(C)OC(=O)N1CCC(c2nn(C(c3ccccc3)c3ccccc3)c3c2[C@H](C(F)(F)F)[C@H](O)C(=O)C3)CC1. The number of aliphatic hydroxyl groups excluding tert-OH is 2. The van der Waals surface area contributed by atoms with Gasteiger partial charge in [-0.15, -0.1) is 0 Å². The molecule has 2 aliphatic carbocycles. The molecule has 4 aromatic carbocycles. The van der Waals surface area contributed by atoms with Gasteiger partial charge in [0.2, 0.25) is 0 Å². The molecule has 2 aromatic heterocycles. The van der Waals surface area contributed by atoms with Crippen LogP contribution in [0.25, 0.3) is 0 Å². The number of rotatable bonds is 8. The molecule has 20 heteroatoms. The number of carbonyl (C=O) groups excluding carboxylic acids is 4. The third-order valence-electron chi connectivity index (χ3n) is 15.5. The van der Waals surface area contributed by atoms with E-state index in [-0.39, 0.29) is 46.7 Å². The van der Waals surface area contributed by atoms with Gasteiger partial charge in [-0.25, -0.2) is 9.59 Å². The van der Waals surface area contributed by atoms with Gasteiger partial charge in [0, 0.05) is 49.1 Å². The van der Waals surface area contributed by atoms with Crippen LogP contribution in [-0.2, 0) is 31.9 Å². The molecule has 2 saturated heterocycles. The topological polar surface area (TPSA) is 169 Å². The highest BCUT2D eigenvalue weighted by molar-refractivity contribution is 5.89. The molecule has 0 spiro atoms. The molecule has 2 N–H and O–H groups in total. The summed E-state index contributed by atoms with van der Waals surface area (Å²) in [5.74, 6) is -7.32. The molecule has 4 aliphatic rings. The summed E-state index contributed by atoms with van der Waals surface area (Å²) in [6, 6.07) is 36.1. The van der Waals surface area contributed by atoms with E-state index in [9.17, 15) is 55.7 Å². The third-order valence-corrected chi connectivity index (χ3v) is 15.5. The van der Waals surface area contributed by atoms with Crippen molar-refractivity contribution >= 4 is 23.8 Å². The van der Waals surface area contributed by atoms with Gasteiger partial charge in [-0.2, -0.15) is 36.5 Å². The van der Waals surface area contributed by atoms with Crippen molar-refractivity contribution in [1.82, 2.24) is 29.4 Å². The fraction of sp³-hybridized carbons (Fsp3) is 0.452. The number of alkyl halides is 6. The number of piperidine rings is 2. The zero-order valence-corrected chi connectivity index (χ0v) is 46.5. The van der Waals surface area contributed by atoms with Crippen molar-refractivity contribution in [2.45, 2.75) is 152 Å². The average molecular weight is 1140 g/mol. The number of aliphatic hydroxyl groups is 2. The van der Waals surface area contributed by atoms with E-state index in [2.05, 4.69) is 0 Å². The van der Waals surface area contributed by atoms with Gasteiger partial charge in [0.25, 0.3) is 0 Å². The lowest BCUT2D eigenvalue weighted by atomic mass is 9.78. The number of ether oxygens (including phenoxy) is 2. The van der Waals surface area contributed by atoms with Crippen LogP contribution in [-0.4, -0.2) is 125 Å². The lowest BCUT2D eigenvalue weighted by Crippen LogP contribution is -2.44. The highest BCUT2D eigenvalue weighted by Crippen LogP contribution is 2.50. The first-order chi connectivity index (χ1) is 38.7. The van der Waals surface area contributed by atoms with E-state index >= 15 is 0 Å². The lowest BCUT2D eigenvalue weighted by Gasteiger charge is -2.34. The Balaban J connectivity index is 0.000000198. The summed E-state index contributed by atoms with van der Waals surface area (Å²) < 4.78 is 101. The summed E-state index contributed by atoms with van der Waals surface area (Å²) in [6.45, 7) is 11.8. The van der Waals surface area contributed by atoms with Crippen molar-refractivity contribution in [2.75, 3.05) is 26.2 Å². The quantitative estimate of drug-likeness (QED) is 0.140. The standard InChI is InChI=1S/2C31H34F3N3O4/c2*1-30(2,3)41-29(40)36-16-14-19(15-17-36)26-24-22(18-23(38)28(39)25(24)31(32,33)34)37(35-26)27(20-10-6-4-7-11-20)21-12-8-5-9-13-21/h2*4-13,19,25,27-28,39H,14-18H2,1-3H3/t2*25-,28+/m10/s1. The Morgan fingerprint density at radius 2 is 0.756 bits per heavy atom. The Morgan fingerprint density at radius 3 is 1.00 bits per heavy atom. The van der Waals surface area contributed by atoms with Crippen LogP contribution in [0.5, 0.6) is 0 Å². The van der Waals surface area contributed by atoms with Crippen molar-refractivity contribution in [1.29, 1.82) is 0 Å². The molecule has 436 valence electrons. The molecule has 4 atom stereocenters. The van der Waals surface area contributed by atoms with Crippen LogP contribution in [0.15, 0.2) is 121 Å². The minimum Gasteiger partial charge on any atom is -0.444 e. The molecule has 0 radical (unpaired) electrons. The number of hydrogen-bond acceptors (Lipinski definition) is 10. The first-order valence-electron chi connectivity index (χ1n) is 27.6. The van der Waals surface area contributed by atoms with E-state index < -0.39 is 95.3 Å². The second-order valence-corrected chi connectivity index (χ2v) is 23.5.